The Morgan fingerprint density at radius 2 is 2.26 bits per heavy atom. The Kier molecular flexibility index (Phi) is 3.89. The lowest BCUT2D eigenvalue weighted by atomic mass is 10.1. The zero-order valence-corrected chi connectivity index (χ0v) is 12.6. The summed E-state index contributed by atoms with van der Waals surface area (Å²) in [6.45, 7) is 1.67. The van der Waals surface area contributed by atoms with E-state index < -0.39 is 0 Å². The molecule has 0 radical (unpaired) electrons. The molecule has 4 heteroatoms. The van der Waals surface area contributed by atoms with Crippen LogP contribution in [0.25, 0.3) is 4.48 Å². The topological polar surface area (TPSA) is 31.4 Å². The Labute approximate surface area is 122 Å². The number of hydrogen-bond donors (Lipinski definition) is 0. The predicted octanol–water partition coefficient (Wildman–Crippen LogP) is 3.74. The van der Waals surface area contributed by atoms with E-state index in [2.05, 4.69) is 39.1 Å². The molecule has 0 aromatic carbocycles. The second kappa shape index (κ2) is 5.63. The summed E-state index contributed by atoms with van der Waals surface area (Å²) < 4.78 is 11.8. The largest absolute Gasteiger partial charge is 0.481 e. The summed E-state index contributed by atoms with van der Waals surface area (Å²) in [7, 11) is 1.69. The number of aromatic nitrogens is 1. The van der Waals surface area contributed by atoms with Crippen molar-refractivity contribution in [1.29, 1.82) is 0 Å². The van der Waals surface area contributed by atoms with Crippen molar-refractivity contribution in [3.63, 3.8) is 0 Å². The fourth-order valence-corrected chi connectivity index (χ4v) is 3.02. The highest BCUT2D eigenvalue weighted by Gasteiger charge is 2.27. The van der Waals surface area contributed by atoms with Gasteiger partial charge < -0.3 is 9.47 Å². The molecule has 0 N–H and O–H groups in total. The van der Waals surface area contributed by atoms with Gasteiger partial charge in [0, 0.05) is 22.6 Å². The van der Waals surface area contributed by atoms with E-state index in [9.17, 15) is 0 Å². The van der Waals surface area contributed by atoms with Crippen LogP contribution in [-0.4, -0.2) is 25.3 Å². The van der Waals surface area contributed by atoms with Crippen LogP contribution < -0.4 is 4.74 Å². The van der Waals surface area contributed by atoms with Crippen LogP contribution in [0.4, 0.5) is 0 Å². The third kappa shape index (κ3) is 3.00. The molecule has 0 spiro atoms. The lowest BCUT2D eigenvalue weighted by Gasteiger charge is -2.09. The molecule has 1 atom stereocenters. The van der Waals surface area contributed by atoms with E-state index in [-0.39, 0.29) is 0 Å². The zero-order valence-electron chi connectivity index (χ0n) is 11.1. The van der Waals surface area contributed by atoms with E-state index >= 15 is 0 Å². The van der Waals surface area contributed by atoms with Crippen molar-refractivity contribution in [3.8, 4) is 5.88 Å². The number of pyridine rings is 1. The van der Waals surface area contributed by atoms with E-state index in [0.717, 1.165) is 35.7 Å². The number of nitrogens with zero attached hydrogens (tertiary/aromatic N) is 1. The lowest BCUT2D eigenvalue weighted by Crippen LogP contribution is -1.98. The number of methoxy groups -OCH3 is 1. The van der Waals surface area contributed by atoms with E-state index in [1.165, 1.54) is 18.4 Å². The van der Waals surface area contributed by atoms with Crippen molar-refractivity contribution in [2.45, 2.75) is 25.2 Å². The number of halogens is 1. The molecule has 1 saturated heterocycles. The minimum atomic E-state index is 0.491. The van der Waals surface area contributed by atoms with Crippen LogP contribution in [0.2, 0.25) is 0 Å². The third-order valence-electron chi connectivity index (χ3n) is 3.69. The number of hydrogen-bond acceptors (Lipinski definition) is 3. The first-order chi connectivity index (χ1) is 9.28. The average Bonchev–Trinajstić information content (AvgIpc) is 3.16. The van der Waals surface area contributed by atoms with Crippen LogP contribution in [0, 0.1) is 5.92 Å². The van der Waals surface area contributed by atoms with Crippen LogP contribution >= 0.6 is 15.9 Å². The average molecular weight is 324 g/mol. The summed E-state index contributed by atoms with van der Waals surface area (Å²) in [6.07, 6.45) is 5.81. The minimum absolute atomic E-state index is 0.491. The maximum Gasteiger partial charge on any atom is 0.217 e. The highest BCUT2D eigenvalue weighted by molar-refractivity contribution is 9.15. The van der Waals surface area contributed by atoms with Gasteiger partial charge in [-0.15, -0.1) is 0 Å². The molecule has 2 aliphatic rings. The third-order valence-corrected chi connectivity index (χ3v) is 4.36. The van der Waals surface area contributed by atoms with Crippen LogP contribution in [0.15, 0.2) is 18.2 Å². The summed E-state index contributed by atoms with van der Waals surface area (Å²) in [5.41, 5.74) is 2.18. The molecule has 102 valence electrons. The molecule has 2 heterocycles. The first-order valence-corrected chi connectivity index (χ1v) is 7.57. The van der Waals surface area contributed by atoms with E-state index in [1.807, 2.05) is 0 Å². The molecule has 1 saturated carbocycles. The molecule has 1 aliphatic heterocycles. The highest BCUT2D eigenvalue weighted by Crippen LogP contribution is 2.44. The van der Waals surface area contributed by atoms with Crippen molar-refractivity contribution in [2.24, 2.45) is 5.92 Å². The summed E-state index contributed by atoms with van der Waals surface area (Å²) in [6, 6.07) is 4.23. The molecule has 19 heavy (non-hydrogen) atoms. The van der Waals surface area contributed by atoms with Gasteiger partial charge in [-0.2, -0.15) is 0 Å². The molecule has 0 amide bonds. The highest BCUT2D eigenvalue weighted by atomic mass is 79.9. The Bertz CT molecular complexity index is 491. The first kappa shape index (κ1) is 13.1. The Morgan fingerprint density at radius 1 is 1.42 bits per heavy atom. The predicted molar refractivity (Wildman–Crippen MR) is 78.6 cm³/mol. The smallest absolute Gasteiger partial charge is 0.217 e. The zero-order chi connectivity index (χ0) is 13.2. The summed E-state index contributed by atoms with van der Waals surface area (Å²) in [5.74, 6) is 1.92. The second-order valence-corrected chi connectivity index (χ2v) is 6.06. The van der Waals surface area contributed by atoms with Gasteiger partial charge in [-0.1, -0.05) is 12.1 Å². The molecule has 1 unspecified atom stereocenters. The molecule has 0 bridgehead atoms. The normalized spacial score (nSPS) is 23.7. The van der Waals surface area contributed by atoms with E-state index in [1.54, 1.807) is 7.11 Å². The van der Waals surface area contributed by atoms with E-state index in [0.29, 0.717) is 11.8 Å². The van der Waals surface area contributed by atoms with Crippen molar-refractivity contribution in [2.75, 3.05) is 20.3 Å². The van der Waals surface area contributed by atoms with E-state index in [4.69, 9.17) is 9.47 Å². The number of ether oxygens (including phenoxy) is 2. The maximum atomic E-state index is 5.42. The quantitative estimate of drug-likeness (QED) is 0.845. The van der Waals surface area contributed by atoms with Crippen molar-refractivity contribution >= 4 is 20.4 Å². The molecule has 1 aromatic heterocycles. The Hall–Kier alpha value is -0.870. The first-order valence-electron chi connectivity index (χ1n) is 6.78. The van der Waals surface area contributed by atoms with Gasteiger partial charge in [-0.3, -0.25) is 0 Å². The fraction of sp³-hybridized carbons (Fsp3) is 0.533. The van der Waals surface area contributed by atoms with Crippen molar-refractivity contribution in [1.82, 2.24) is 4.98 Å². The van der Waals surface area contributed by atoms with Crippen molar-refractivity contribution < 1.29 is 9.47 Å². The monoisotopic (exact) mass is 323 g/mol. The van der Waals surface area contributed by atoms with Crippen LogP contribution in [0.1, 0.15) is 36.4 Å². The molecule has 1 aliphatic carbocycles. The van der Waals surface area contributed by atoms with Gasteiger partial charge in [0.2, 0.25) is 5.88 Å². The van der Waals surface area contributed by atoms with Gasteiger partial charge in [0.15, 0.2) is 0 Å². The fourth-order valence-electron chi connectivity index (χ4n) is 2.43. The Morgan fingerprint density at radius 3 is 2.89 bits per heavy atom. The van der Waals surface area contributed by atoms with Gasteiger partial charge in [0.25, 0.3) is 0 Å². The summed E-state index contributed by atoms with van der Waals surface area (Å²) in [4.78, 5) is 4.62. The molecular weight excluding hydrogens is 306 g/mol. The van der Waals surface area contributed by atoms with Crippen LogP contribution in [-0.2, 0) is 4.74 Å². The summed E-state index contributed by atoms with van der Waals surface area (Å²) >= 11 is 3.62. The van der Waals surface area contributed by atoms with Gasteiger partial charge in [-0.25, -0.2) is 4.98 Å². The van der Waals surface area contributed by atoms with Crippen molar-refractivity contribution in [3.05, 3.63) is 29.5 Å². The molecule has 1 aromatic rings. The van der Waals surface area contributed by atoms with Gasteiger partial charge in [-0.05, 0) is 47.2 Å². The van der Waals surface area contributed by atoms with Crippen LogP contribution in [0.5, 0.6) is 5.88 Å². The maximum absolute atomic E-state index is 5.42. The standard InChI is InChI=1S/C15H18BrNO2/c1-18-15-12(11-2-3-11)4-5-14(17-15)13(16)8-10-6-7-19-9-10/h4-5,8,10-11H,2-3,6-7,9H2,1H3/b13-8+. The SMILES string of the molecule is COc1nc(/C(Br)=C\C2CCOC2)ccc1C1CC1. The van der Waals surface area contributed by atoms with Crippen LogP contribution in [0.3, 0.4) is 0 Å². The molecule has 3 nitrogen and oxygen atoms in total. The summed E-state index contributed by atoms with van der Waals surface area (Å²) in [5, 5.41) is 0. The molecule has 3 rings (SSSR count). The van der Waals surface area contributed by atoms with Gasteiger partial charge >= 0.3 is 0 Å². The molecule has 2 fully saturated rings. The lowest BCUT2D eigenvalue weighted by molar-refractivity contribution is 0.191. The minimum Gasteiger partial charge on any atom is -0.481 e. The Balaban J connectivity index is 1.83. The molecular formula is C15H18BrNO2. The second-order valence-electron chi connectivity index (χ2n) is 5.21. The number of rotatable bonds is 4. The van der Waals surface area contributed by atoms with Gasteiger partial charge in [0.05, 0.1) is 19.4 Å². The van der Waals surface area contributed by atoms with Gasteiger partial charge in [0.1, 0.15) is 0 Å².